The van der Waals surface area contributed by atoms with E-state index in [1.807, 2.05) is 0 Å². The highest BCUT2D eigenvalue weighted by atomic mass is 32.2. The highest BCUT2D eigenvalue weighted by Crippen LogP contribution is 2.29. The fourth-order valence-corrected chi connectivity index (χ4v) is 3.34. The van der Waals surface area contributed by atoms with E-state index in [9.17, 15) is 13.6 Å². The molecule has 0 spiro atoms. The maximum Gasteiger partial charge on any atom is 0.264 e. The van der Waals surface area contributed by atoms with Crippen molar-refractivity contribution in [3.05, 3.63) is 40.3 Å². The van der Waals surface area contributed by atoms with E-state index in [4.69, 9.17) is 0 Å². The molecule has 1 saturated carbocycles. The maximum absolute atomic E-state index is 13.6. The van der Waals surface area contributed by atoms with Crippen LogP contribution in [0.25, 0.3) is 6.08 Å². The van der Waals surface area contributed by atoms with Crippen LogP contribution < -0.4 is 5.32 Å². The number of carbonyl (C=O) groups excluding carboxylic acids is 1. The molecule has 1 N–H and O–H groups in total. The summed E-state index contributed by atoms with van der Waals surface area (Å²) in [5, 5.41) is 3.23. The predicted octanol–water partition coefficient (Wildman–Crippen LogP) is 3.47. The van der Waals surface area contributed by atoms with Gasteiger partial charge in [-0.25, -0.2) is 8.78 Å². The van der Waals surface area contributed by atoms with Gasteiger partial charge in [0.05, 0.1) is 10.9 Å². The zero-order valence-electron chi connectivity index (χ0n) is 11.2. The summed E-state index contributed by atoms with van der Waals surface area (Å²) >= 11 is 1.18. The third-order valence-corrected chi connectivity index (χ3v) is 4.44. The van der Waals surface area contributed by atoms with E-state index in [1.54, 1.807) is 0 Å². The van der Waals surface area contributed by atoms with Crippen molar-refractivity contribution in [3.8, 4) is 0 Å². The summed E-state index contributed by atoms with van der Waals surface area (Å²) in [6.07, 6.45) is 5.76. The number of nitrogens with one attached hydrogen (secondary N) is 1. The van der Waals surface area contributed by atoms with E-state index in [2.05, 4.69) is 10.3 Å². The molecule has 0 bridgehead atoms. The van der Waals surface area contributed by atoms with Gasteiger partial charge in [0, 0.05) is 5.56 Å². The van der Waals surface area contributed by atoms with Crippen molar-refractivity contribution in [2.75, 3.05) is 0 Å². The van der Waals surface area contributed by atoms with E-state index in [0.717, 1.165) is 43.9 Å². The van der Waals surface area contributed by atoms with Crippen molar-refractivity contribution < 1.29 is 13.6 Å². The second-order valence-corrected chi connectivity index (χ2v) is 6.13. The second kappa shape index (κ2) is 5.97. The molecule has 0 atom stereocenters. The van der Waals surface area contributed by atoms with Gasteiger partial charge >= 0.3 is 0 Å². The van der Waals surface area contributed by atoms with Gasteiger partial charge in [0.25, 0.3) is 5.91 Å². The molecular formula is C15H14F2N2OS. The van der Waals surface area contributed by atoms with Crippen LogP contribution in [0, 0.1) is 11.6 Å². The van der Waals surface area contributed by atoms with Gasteiger partial charge in [0.2, 0.25) is 0 Å². The smallest absolute Gasteiger partial charge is 0.264 e. The van der Waals surface area contributed by atoms with E-state index in [-0.39, 0.29) is 17.5 Å². The topological polar surface area (TPSA) is 41.5 Å². The normalized spacial score (nSPS) is 23.2. The highest BCUT2D eigenvalue weighted by molar-refractivity contribution is 8.18. The molecule has 0 aromatic heterocycles. The molecule has 6 heteroatoms. The van der Waals surface area contributed by atoms with Gasteiger partial charge < -0.3 is 5.32 Å². The van der Waals surface area contributed by atoms with E-state index >= 15 is 0 Å². The lowest BCUT2D eigenvalue weighted by molar-refractivity contribution is -0.115. The Morgan fingerprint density at radius 1 is 1.29 bits per heavy atom. The van der Waals surface area contributed by atoms with Crippen LogP contribution in [0.1, 0.15) is 31.2 Å². The van der Waals surface area contributed by atoms with Crippen molar-refractivity contribution in [3.63, 3.8) is 0 Å². The van der Waals surface area contributed by atoms with E-state index in [1.165, 1.54) is 17.8 Å². The number of nitrogens with zero attached hydrogens (tertiary/aromatic N) is 1. The van der Waals surface area contributed by atoms with Crippen molar-refractivity contribution in [2.45, 2.75) is 31.7 Å². The van der Waals surface area contributed by atoms with Crippen LogP contribution in [0.2, 0.25) is 0 Å². The van der Waals surface area contributed by atoms with Gasteiger partial charge in [0.15, 0.2) is 5.17 Å². The summed E-state index contributed by atoms with van der Waals surface area (Å²) in [4.78, 5) is 16.7. The number of hydrogen-bond donors (Lipinski definition) is 1. The molecular weight excluding hydrogens is 294 g/mol. The minimum atomic E-state index is -0.557. The third-order valence-electron chi connectivity index (χ3n) is 3.52. The number of rotatable bonds is 2. The van der Waals surface area contributed by atoms with Crippen molar-refractivity contribution in [1.82, 2.24) is 5.32 Å². The Bertz CT molecular complexity index is 637. The zero-order chi connectivity index (χ0) is 14.8. The van der Waals surface area contributed by atoms with Crippen molar-refractivity contribution in [1.29, 1.82) is 0 Å². The number of thioether (sulfide) groups is 1. The van der Waals surface area contributed by atoms with E-state index in [0.29, 0.717) is 10.1 Å². The third kappa shape index (κ3) is 3.32. The fourth-order valence-electron chi connectivity index (χ4n) is 2.45. The first-order valence-corrected chi connectivity index (χ1v) is 7.67. The maximum atomic E-state index is 13.6. The summed E-state index contributed by atoms with van der Waals surface area (Å²) in [7, 11) is 0. The molecule has 1 aromatic carbocycles. The molecule has 1 saturated heterocycles. The van der Waals surface area contributed by atoms with Gasteiger partial charge in [-0.3, -0.25) is 9.79 Å². The molecule has 2 aliphatic rings. The van der Waals surface area contributed by atoms with Crippen molar-refractivity contribution >= 4 is 28.9 Å². The molecule has 1 aliphatic carbocycles. The predicted molar refractivity (Wildman–Crippen MR) is 79.8 cm³/mol. The monoisotopic (exact) mass is 308 g/mol. The lowest BCUT2D eigenvalue weighted by Crippen LogP contribution is -2.21. The van der Waals surface area contributed by atoms with Crippen LogP contribution in [0.15, 0.2) is 28.1 Å². The van der Waals surface area contributed by atoms with Gasteiger partial charge in [-0.05, 0) is 48.9 Å². The van der Waals surface area contributed by atoms with Crippen LogP contribution in [-0.2, 0) is 4.79 Å². The van der Waals surface area contributed by atoms with Crippen LogP contribution in [-0.4, -0.2) is 17.1 Å². The van der Waals surface area contributed by atoms with Gasteiger partial charge in [-0.15, -0.1) is 0 Å². The Morgan fingerprint density at radius 2 is 2.05 bits per heavy atom. The number of amidine groups is 1. The number of benzene rings is 1. The lowest BCUT2D eigenvalue weighted by Gasteiger charge is -2.02. The Morgan fingerprint density at radius 3 is 2.81 bits per heavy atom. The molecule has 3 rings (SSSR count). The first-order chi connectivity index (χ1) is 10.1. The zero-order valence-corrected chi connectivity index (χ0v) is 12.1. The summed E-state index contributed by atoms with van der Waals surface area (Å²) in [5.41, 5.74) is 0.0646. The minimum absolute atomic E-state index is 0.0646. The van der Waals surface area contributed by atoms with Crippen LogP contribution in [0.5, 0.6) is 0 Å². The second-order valence-electron chi connectivity index (χ2n) is 5.10. The average Bonchev–Trinajstić information content (AvgIpc) is 3.05. The molecule has 0 unspecified atom stereocenters. The van der Waals surface area contributed by atoms with Gasteiger partial charge in [-0.1, -0.05) is 12.8 Å². The number of hydrogen-bond acceptors (Lipinski definition) is 3. The Hall–Kier alpha value is -1.69. The first kappa shape index (κ1) is 14.3. The molecule has 110 valence electrons. The largest absolute Gasteiger partial charge is 0.301 e. The quantitative estimate of drug-likeness (QED) is 0.850. The molecule has 2 fully saturated rings. The van der Waals surface area contributed by atoms with Gasteiger partial charge in [0.1, 0.15) is 11.6 Å². The van der Waals surface area contributed by atoms with E-state index < -0.39 is 11.6 Å². The molecule has 1 aromatic rings. The van der Waals surface area contributed by atoms with Crippen molar-refractivity contribution in [2.24, 2.45) is 4.99 Å². The highest BCUT2D eigenvalue weighted by Gasteiger charge is 2.26. The number of amides is 1. The summed E-state index contributed by atoms with van der Waals surface area (Å²) in [6, 6.07) is 3.43. The summed E-state index contributed by atoms with van der Waals surface area (Å²) in [5.74, 6) is -1.41. The molecule has 21 heavy (non-hydrogen) atoms. The Labute approximate surface area is 125 Å². The lowest BCUT2D eigenvalue weighted by atomic mass is 10.2. The molecule has 3 nitrogen and oxygen atoms in total. The van der Waals surface area contributed by atoms with Gasteiger partial charge in [-0.2, -0.15) is 0 Å². The molecule has 0 radical (unpaired) electrons. The minimum Gasteiger partial charge on any atom is -0.301 e. The fraction of sp³-hybridized carbons (Fsp3) is 0.333. The SMILES string of the molecule is O=C1NC(=NC2CCCC2)SC1=Cc1cc(F)ccc1F. The molecule has 1 aliphatic heterocycles. The summed E-state index contributed by atoms with van der Waals surface area (Å²) in [6.45, 7) is 0. The number of carbonyl (C=O) groups is 1. The number of aliphatic imine (C=N–C) groups is 1. The first-order valence-electron chi connectivity index (χ1n) is 6.85. The Balaban J connectivity index is 1.81. The summed E-state index contributed by atoms with van der Waals surface area (Å²) < 4.78 is 26.7. The Kier molecular flexibility index (Phi) is 4.05. The average molecular weight is 308 g/mol. The molecule has 1 heterocycles. The number of halogens is 2. The van der Waals surface area contributed by atoms with Crippen LogP contribution in [0.3, 0.4) is 0 Å². The van der Waals surface area contributed by atoms with Crippen LogP contribution >= 0.6 is 11.8 Å². The standard InChI is InChI=1S/C15H14F2N2OS/c16-10-5-6-12(17)9(7-10)8-13-14(20)19-15(21-13)18-11-3-1-2-4-11/h5-8,11H,1-4H2,(H,18,19,20). The van der Waals surface area contributed by atoms with Crippen LogP contribution in [0.4, 0.5) is 8.78 Å². The molecule has 1 amide bonds.